The first-order valence-electron chi connectivity index (χ1n) is 12.8. The van der Waals surface area contributed by atoms with E-state index in [4.69, 9.17) is 15.2 Å². The molecule has 1 aromatic heterocycles. The van der Waals surface area contributed by atoms with Crippen LogP contribution in [0, 0.1) is 5.92 Å². The molecule has 2 aliphatic carbocycles. The molecule has 1 amide bonds. The maximum Gasteiger partial charge on any atom is 0.411 e. The summed E-state index contributed by atoms with van der Waals surface area (Å²) in [5, 5.41) is 3.77. The summed E-state index contributed by atoms with van der Waals surface area (Å²) < 4.78 is 38.6. The minimum absolute atomic E-state index is 0.0675. The summed E-state index contributed by atoms with van der Waals surface area (Å²) in [5.41, 5.74) is 11.0. The monoisotopic (exact) mass is 526 g/mol. The number of aromatic nitrogens is 1. The second-order valence-corrected chi connectivity index (χ2v) is 11.9. The first-order valence-corrected chi connectivity index (χ1v) is 14.7. The Kier molecular flexibility index (Phi) is 7.04. The molecule has 0 spiro atoms. The third-order valence-electron chi connectivity index (χ3n) is 7.17. The van der Waals surface area contributed by atoms with Gasteiger partial charge < -0.3 is 19.8 Å². The first-order chi connectivity index (χ1) is 17.7. The van der Waals surface area contributed by atoms with E-state index in [2.05, 4.69) is 14.6 Å². The number of carbonyl (C=O) groups is 1. The predicted molar refractivity (Wildman–Crippen MR) is 145 cm³/mol. The number of anilines is 2. The van der Waals surface area contributed by atoms with Crippen molar-refractivity contribution in [2.75, 3.05) is 30.5 Å². The van der Waals surface area contributed by atoms with Crippen LogP contribution in [0.3, 0.4) is 0 Å². The van der Waals surface area contributed by atoms with Crippen molar-refractivity contribution in [3.63, 3.8) is 0 Å². The Labute approximate surface area is 217 Å². The minimum atomic E-state index is -3.26. The normalized spacial score (nSPS) is 16.8. The molecular weight excluding hydrogens is 492 g/mol. The third kappa shape index (κ3) is 5.86. The lowest BCUT2D eigenvalue weighted by molar-refractivity contribution is 0.108. The van der Waals surface area contributed by atoms with Gasteiger partial charge in [-0.25, -0.2) is 17.9 Å². The number of benzene rings is 2. The molecule has 5 rings (SSSR count). The molecule has 1 heterocycles. The van der Waals surface area contributed by atoms with Gasteiger partial charge in [-0.15, -0.1) is 0 Å². The van der Waals surface area contributed by atoms with Crippen LogP contribution in [0.2, 0.25) is 0 Å². The zero-order chi connectivity index (χ0) is 26.2. The average Bonchev–Trinajstić information content (AvgIpc) is 3.62. The van der Waals surface area contributed by atoms with Crippen LogP contribution in [0.4, 0.5) is 16.2 Å². The lowest BCUT2D eigenvalue weighted by Crippen LogP contribution is -2.26. The zero-order valence-electron chi connectivity index (χ0n) is 21.2. The van der Waals surface area contributed by atoms with Crippen LogP contribution >= 0.6 is 0 Å². The van der Waals surface area contributed by atoms with Crippen LogP contribution < -0.4 is 20.5 Å². The number of amides is 1. The van der Waals surface area contributed by atoms with Crippen LogP contribution in [0.5, 0.6) is 5.75 Å². The Balaban J connectivity index is 1.37. The van der Waals surface area contributed by atoms with E-state index in [1.54, 1.807) is 0 Å². The van der Waals surface area contributed by atoms with Crippen molar-refractivity contribution in [3.8, 4) is 17.0 Å². The number of hydrogen-bond acceptors (Lipinski definition) is 6. The molecule has 0 saturated heterocycles. The van der Waals surface area contributed by atoms with E-state index < -0.39 is 16.1 Å². The van der Waals surface area contributed by atoms with Crippen molar-refractivity contribution in [1.82, 2.24) is 9.29 Å². The number of nitrogens with zero attached hydrogens (tertiary/aromatic N) is 1. The smallest absolute Gasteiger partial charge is 0.411 e. The van der Waals surface area contributed by atoms with E-state index in [0.29, 0.717) is 29.1 Å². The number of carbonyl (C=O) groups excluding carboxylic acids is 1. The first kappa shape index (κ1) is 25.4. The summed E-state index contributed by atoms with van der Waals surface area (Å²) >= 11 is 0. The highest BCUT2D eigenvalue weighted by Crippen LogP contribution is 2.45. The molecule has 1 atom stereocenters. The van der Waals surface area contributed by atoms with Gasteiger partial charge in [0.2, 0.25) is 10.0 Å². The van der Waals surface area contributed by atoms with Gasteiger partial charge in [-0.3, -0.25) is 5.32 Å². The van der Waals surface area contributed by atoms with Gasteiger partial charge in [0.15, 0.2) is 0 Å². The standard InChI is InChI=1S/C27H34N4O5S/c1-17(18-6-7-18)36-27(32)30-20-10-8-19(9-11-20)26-25(28)23-13-12-22(35-15-14-29-37(2,33)34)16-24(23)31(26)21-4-3-5-21/h8-13,16-18,21,29H,3-7,14-15,28H2,1-2H3,(H,30,32). The zero-order valence-corrected chi connectivity index (χ0v) is 22.0. The van der Waals surface area contributed by atoms with Crippen LogP contribution in [-0.2, 0) is 14.8 Å². The van der Waals surface area contributed by atoms with Crippen molar-refractivity contribution in [2.24, 2.45) is 5.92 Å². The number of rotatable bonds is 10. The summed E-state index contributed by atoms with van der Waals surface area (Å²) in [6.07, 6.45) is 6.17. The summed E-state index contributed by atoms with van der Waals surface area (Å²) in [6, 6.07) is 13.8. The van der Waals surface area contributed by atoms with E-state index in [9.17, 15) is 13.2 Å². The quantitative estimate of drug-likeness (QED) is 0.323. The Bertz CT molecular complexity index is 1390. The van der Waals surface area contributed by atoms with Gasteiger partial charge in [-0.1, -0.05) is 12.1 Å². The molecule has 1 unspecified atom stereocenters. The molecule has 2 fully saturated rings. The van der Waals surface area contributed by atoms with Crippen molar-refractivity contribution >= 4 is 38.4 Å². The SMILES string of the molecule is CC(OC(=O)Nc1ccc(-c2c(N)c3ccc(OCCNS(C)(=O)=O)cc3n2C2CCC2)cc1)C1CC1. The van der Waals surface area contributed by atoms with Crippen LogP contribution in [0.15, 0.2) is 42.5 Å². The van der Waals surface area contributed by atoms with E-state index in [-0.39, 0.29) is 19.3 Å². The minimum Gasteiger partial charge on any atom is -0.492 e. The van der Waals surface area contributed by atoms with E-state index >= 15 is 0 Å². The Morgan fingerprint density at radius 1 is 1.14 bits per heavy atom. The van der Waals surface area contributed by atoms with Gasteiger partial charge in [-0.05, 0) is 69.2 Å². The summed E-state index contributed by atoms with van der Waals surface area (Å²) in [7, 11) is -3.26. The van der Waals surface area contributed by atoms with Gasteiger partial charge in [0.25, 0.3) is 0 Å². The van der Waals surface area contributed by atoms with E-state index in [1.165, 1.54) is 6.42 Å². The highest BCUT2D eigenvalue weighted by atomic mass is 32.2. The molecule has 37 heavy (non-hydrogen) atoms. The molecule has 2 saturated carbocycles. The maximum atomic E-state index is 12.2. The highest BCUT2D eigenvalue weighted by molar-refractivity contribution is 7.88. The van der Waals surface area contributed by atoms with Gasteiger partial charge >= 0.3 is 6.09 Å². The maximum absolute atomic E-state index is 12.2. The highest BCUT2D eigenvalue weighted by Gasteiger charge is 2.31. The molecule has 3 aromatic rings. The molecule has 2 aromatic carbocycles. The Morgan fingerprint density at radius 2 is 1.86 bits per heavy atom. The Hall–Kier alpha value is -3.24. The van der Waals surface area contributed by atoms with Crippen molar-refractivity contribution in [3.05, 3.63) is 42.5 Å². The summed E-state index contributed by atoms with van der Waals surface area (Å²) in [5.74, 6) is 1.14. The molecule has 4 N–H and O–H groups in total. The fourth-order valence-electron chi connectivity index (χ4n) is 4.81. The average molecular weight is 527 g/mol. The molecule has 2 aliphatic rings. The van der Waals surface area contributed by atoms with Crippen molar-refractivity contribution in [1.29, 1.82) is 0 Å². The largest absolute Gasteiger partial charge is 0.492 e. The predicted octanol–water partition coefficient (Wildman–Crippen LogP) is 4.89. The number of ether oxygens (including phenoxy) is 2. The molecule has 0 bridgehead atoms. The van der Waals surface area contributed by atoms with Gasteiger partial charge in [0, 0.05) is 35.3 Å². The number of fused-ring (bicyclic) bond motifs is 1. The van der Waals surface area contributed by atoms with Gasteiger partial charge in [0.1, 0.15) is 18.5 Å². The van der Waals surface area contributed by atoms with Crippen LogP contribution in [0.25, 0.3) is 22.2 Å². The summed E-state index contributed by atoms with van der Waals surface area (Å²) in [6.45, 7) is 2.36. The molecule has 10 heteroatoms. The van der Waals surface area contributed by atoms with E-state index in [1.807, 2.05) is 49.4 Å². The van der Waals surface area contributed by atoms with E-state index in [0.717, 1.165) is 54.1 Å². The lowest BCUT2D eigenvalue weighted by Gasteiger charge is -2.30. The third-order valence-corrected chi connectivity index (χ3v) is 7.90. The van der Waals surface area contributed by atoms with Gasteiger partial charge in [0.05, 0.1) is 23.2 Å². The van der Waals surface area contributed by atoms with Gasteiger partial charge in [-0.2, -0.15) is 0 Å². The van der Waals surface area contributed by atoms with Crippen LogP contribution in [-0.4, -0.2) is 44.6 Å². The molecular formula is C27H34N4O5S. The fourth-order valence-corrected chi connectivity index (χ4v) is 5.26. The Morgan fingerprint density at radius 3 is 2.49 bits per heavy atom. The summed E-state index contributed by atoms with van der Waals surface area (Å²) in [4.78, 5) is 12.2. The molecule has 0 aliphatic heterocycles. The molecule has 198 valence electrons. The molecule has 9 nitrogen and oxygen atoms in total. The lowest BCUT2D eigenvalue weighted by atomic mass is 9.92. The number of sulfonamides is 1. The molecule has 0 radical (unpaired) electrons. The second kappa shape index (κ2) is 10.3. The van der Waals surface area contributed by atoms with Crippen LogP contribution in [0.1, 0.15) is 45.1 Å². The number of nitrogen functional groups attached to an aromatic ring is 1. The topological polar surface area (TPSA) is 125 Å². The number of nitrogens with two attached hydrogens (primary N) is 1. The second-order valence-electron chi connectivity index (χ2n) is 10.1. The fraction of sp³-hybridized carbons (Fsp3) is 0.444. The van der Waals surface area contributed by atoms with Crippen molar-refractivity contribution < 1.29 is 22.7 Å². The number of nitrogens with one attached hydrogen (secondary N) is 2. The number of hydrogen-bond donors (Lipinski definition) is 3. The van der Waals surface area contributed by atoms with Crippen molar-refractivity contribution in [2.45, 2.75) is 51.2 Å².